The molecule has 1 aliphatic carbocycles. The minimum absolute atomic E-state index is 0.100. The Morgan fingerprint density at radius 3 is 2.05 bits per heavy atom. The van der Waals surface area contributed by atoms with Crippen LogP contribution in [0.25, 0.3) is 0 Å². The molecule has 2 fully saturated rings. The Balaban J connectivity index is 0.746. The average Bonchev–Trinajstić information content (AvgIpc) is 3.94. The number of rotatable bonds is 11. The van der Waals surface area contributed by atoms with E-state index < -0.39 is 11.9 Å². The molecular weight excluding hydrogens is 788 g/mol. The third kappa shape index (κ3) is 8.75. The van der Waals surface area contributed by atoms with E-state index in [-0.39, 0.29) is 36.0 Å². The molecule has 5 aromatic carbocycles. The standard InChI is InChI=1S/C50H54F3N7O2/c1-31-10-16-45(52)43-27-38(54-48(31)43)30-60(62)42-24-35(23-36(51)25-42)34-12-14-39(15-13-34)57(3)29-33-6-4-8-40(22-33)58-18-20-59(21-19-58)41-9-5-7-37(26-41)55-50(61)47-28-44-46(53)17-11-32(2)49(44)56-47/h4-11,16-17,22-26,34,38-39,47,54,56H,12-15,18-21,27-30H2,1-3H3/p+1. The fraction of sp³-hybridized carbons (Fsp3) is 0.380. The molecule has 2 atom stereocenters. The van der Waals surface area contributed by atoms with Gasteiger partial charge >= 0.3 is 0 Å². The molecule has 0 aromatic heterocycles. The predicted octanol–water partition coefficient (Wildman–Crippen LogP) is 9.63. The van der Waals surface area contributed by atoms with E-state index in [0.717, 1.165) is 103 Å². The Morgan fingerprint density at radius 2 is 1.39 bits per heavy atom. The van der Waals surface area contributed by atoms with E-state index >= 15 is 0 Å². The number of nitrogens with zero attached hydrogens (tertiary/aromatic N) is 4. The zero-order valence-corrected chi connectivity index (χ0v) is 35.7. The molecule has 9 nitrogen and oxygen atoms in total. The maximum Gasteiger partial charge on any atom is 0.259 e. The van der Waals surface area contributed by atoms with E-state index in [9.17, 15) is 22.9 Å². The Kier molecular flexibility index (Phi) is 11.7. The van der Waals surface area contributed by atoms with Crippen LogP contribution in [0.1, 0.15) is 65.0 Å². The van der Waals surface area contributed by atoms with Gasteiger partial charge in [0.25, 0.3) is 5.69 Å². The molecule has 3 heterocycles. The molecule has 9 rings (SSSR count). The molecule has 3 N–H and O–H groups in total. The molecule has 1 amide bonds. The van der Waals surface area contributed by atoms with Gasteiger partial charge in [-0.25, -0.2) is 13.2 Å². The Labute approximate surface area is 361 Å². The van der Waals surface area contributed by atoms with Crippen molar-refractivity contribution in [3.8, 4) is 0 Å². The highest BCUT2D eigenvalue weighted by Gasteiger charge is 2.33. The summed E-state index contributed by atoms with van der Waals surface area (Å²) in [6.45, 7) is 8.19. The van der Waals surface area contributed by atoms with Crippen LogP contribution in [0.3, 0.4) is 0 Å². The summed E-state index contributed by atoms with van der Waals surface area (Å²) < 4.78 is 44.7. The second-order valence-electron chi connectivity index (χ2n) is 17.8. The Morgan fingerprint density at radius 1 is 0.758 bits per heavy atom. The van der Waals surface area contributed by atoms with Crippen LogP contribution in [0.15, 0.2) is 91.0 Å². The lowest BCUT2D eigenvalue weighted by atomic mass is 9.81. The largest absolute Gasteiger partial charge is 0.375 e. The SMILES string of the molecule is Cc1ccc(F)c2c1NC(C[N+](=O)c1cc(F)cc(C3CCC(N(C)Cc4cccc(N5CCN(c6cccc(NC(=O)C7Cc8c(F)ccc(C)c8N7)c6)CC5)c4)CC3)c1)C2. The van der Waals surface area contributed by atoms with Crippen molar-refractivity contribution >= 4 is 40.0 Å². The molecule has 0 radical (unpaired) electrons. The van der Waals surface area contributed by atoms with E-state index in [1.807, 2.05) is 38.1 Å². The monoisotopic (exact) mass is 842 g/mol. The van der Waals surface area contributed by atoms with Crippen LogP contribution >= 0.6 is 0 Å². The summed E-state index contributed by atoms with van der Waals surface area (Å²) in [6.07, 6.45) is 4.55. The van der Waals surface area contributed by atoms with E-state index in [1.165, 1.54) is 29.4 Å². The minimum Gasteiger partial charge on any atom is -0.375 e. The van der Waals surface area contributed by atoms with Gasteiger partial charge in [0, 0.05) is 107 Å². The van der Waals surface area contributed by atoms with Gasteiger partial charge in [0.2, 0.25) is 12.5 Å². The van der Waals surface area contributed by atoms with Crippen LogP contribution in [0.5, 0.6) is 0 Å². The smallest absolute Gasteiger partial charge is 0.259 e. The summed E-state index contributed by atoms with van der Waals surface area (Å²) in [6, 6.07) is 27.5. The molecule has 3 aliphatic heterocycles. The molecule has 4 aliphatic rings. The molecule has 12 heteroatoms. The van der Waals surface area contributed by atoms with Gasteiger partial charge in [-0.05, 0) is 123 Å². The first-order valence-electron chi connectivity index (χ1n) is 22.0. The lowest BCUT2D eigenvalue weighted by Crippen LogP contribution is -2.46. The normalized spacial score (nSPS) is 20.7. The number of amides is 1. The number of carbonyl (C=O) groups excluding carboxylic acids is 1. The third-order valence-electron chi connectivity index (χ3n) is 13.6. The average molecular weight is 843 g/mol. The van der Waals surface area contributed by atoms with Crippen molar-refractivity contribution in [1.29, 1.82) is 0 Å². The minimum atomic E-state index is -0.525. The van der Waals surface area contributed by atoms with Gasteiger partial charge in [-0.15, -0.1) is 0 Å². The maximum absolute atomic E-state index is 15.0. The second kappa shape index (κ2) is 17.5. The number of hydrogen-bond donors (Lipinski definition) is 3. The number of nitrogens with one attached hydrogen (secondary N) is 3. The zero-order valence-electron chi connectivity index (χ0n) is 35.7. The van der Waals surface area contributed by atoms with Crippen molar-refractivity contribution in [2.24, 2.45) is 0 Å². The van der Waals surface area contributed by atoms with Crippen LogP contribution in [0.4, 0.5) is 47.3 Å². The number of carbonyl (C=O) groups is 1. The molecule has 322 valence electrons. The van der Waals surface area contributed by atoms with Crippen molar-refractivity contribution < 1.29 is 22.7 Å². The predicted molar refractivity (Wildman–Crippen MR) is 241 cm³/mol. The highest BCUT2D eigenvalue weighted by molar-refractivity contribution is 5.98. The van der Waals surface area contributed by atoms with Crippen molar-refractivity contribution in [1.82, 2.24) is 4.90 Å². The third-order valence-corrected chi connectivity index (χ3v) is 13.6. The first-order valence-corrected chi connectivity index (χ1v) is 22.0. The quantitative estimate of drug-likeness (QED) is 0.114. The fourth-order valence-electron chi connectivity index (χ4n) is 10.1. The Bertz CT molecular complexity index is 2440. The van der Waals surface area contributed by atoms with Crippen LogP contribution < -0.4 is 25.8 Å². The highest BCUT2D eigenvalue weighted by Crippen LogP contribution is 2.38. The Hall–Kier alpha value is -5.88. The van der Waals surface area contributed by atoms with Crippen LogP contribution in [-0.4, -0.2) is 73.5 Å². The number of halogens is 3. The molecule has 1 saturated carbocycles. The molecule has 0 spiro atoms. The molecule has 0 bridgehead atoms. The molecular formula is C50H55F3N7O2+. The summed E-state index contributed by atoms with van der Waals surface area (Å²) >= 11 is 0. The first kappa shape index (κ1) is 41.5. The first-order chi connectivity index (χ1) is 29.9. The number of anilines is 5. The number of piperazine rings is 1. The van der Waals surface area contributed by atoms with Crippen LogP contribution in [0, 0.1) is 36.2 Å². The van der Waals surface area contributed by atoms with E-state index in [4.69, 9.17) is 0 Å². The van der Waals surface area contributed by atoms with E-state index in [1.54, 1.807) is 18.2 Å². The van der Waals surface area contributed by atoms with Gasteiger partial charge in [-0.2, -0.15) is 0 Å². The van der Waals surface area contributed by atoms with Gasteiger partial charge in [0.1, 0.15) is 23.5 Å². The topological polar surface area (TPSA) is 83.0 Å². The van der Waals surface area contributed by atoms with Crippen molar-refractivity contribution in [2.45, 2.75) is 83.0 Å². The second-order valence-corrected chi connectivity index (χ2v) is 17.8. The van der Waals surface area contributed by atoms with Crippen molar-refractivity contribution in [3.05, 3.63) is 147 Å². The van der Waals surface area contributed by atoms with Crippen molar-refractivity contribution in [3.63, 3.8) is 0 Å². The van der Waals surface area contributed by atoms with Gasteiger partial charge in [0.15, 0.2) is 0 Å². The van der Waals surface area contributed by atoms with Gasteiger partial charge in [-0.3, -0.25) is 9.69 Å². The summed E-state index contributed by atoms with van der Waals surface area (Å²) in [5, 5.41) is 9.58. The van der Waals surface area contributed by atoms with Gasteiger partial charge in [-0.1, -0.05) is 30.3 Å². The fourth-order valence-corrected chi connectivity index (χ4v) is 10.1. The lowest BCUT2D eigenvalue weighted by Gasteiger charge is -2.38. The number of aryl methyl sites for hydroxylation is 2. The van der Waals surface area contributed by atoms with Gasteiger partial charge < -0.3 is 25.8 Å². The van der Waals surface area contributed by atoms with Crippen molar-refractivity contribution in [2.75, 3.05) is 65.5 Å². The number of hydrogen-bond acceptors (Lipinski definition) is 7. The van der Waals surface area contributed by atoms with E-state index in [2.05, 4.69) is 68.0 Å². The lowest BCUT2D eigenvalue weighted by molar-refractivity contribution is -0.464. The van der Waals surface area contributed by atoms with E-state index in [0.29, 0.717) is 35.7 Å². The molecule has 5 aromatic rings. The zero-order chi connectivity index (χ0) is 43.1. The van der Waals surface area contributed by atoms with Crippen LogP contribution in [0.2, 0.25) is 0 Å². The maximum atomic E-state index is 15.0. The summed E-state index contributed by atoms with van der Waals surface area (Å²) in [5.41, 5.74) is 9.97. The highest BCUT2D eigenvalue weighted by atomic mass is 19.1. The summed E-state index contributed by atoms with van der Waals surface area (Å²) in [5.74, 6) is -0.949. The number of nitroso groups, excluding NO2 is 1. The number of fused-ring (bicyclic) bond motifs is 2. The molecule has 1 saturated heterocycles. The summed E-state index contributed by atoms with van der Waals surface area (Å²) in [7, 11) is 2.19. The van der Waals surface area contributed by atoms with Crippen LogP contribution in [-0.2, 0) is 24.2 Å². The number of benzene rings is 5. The molecule has 62 heavy (non-hydrogen) atoms. The molecule has 2 unspecified atom stereocenters. The van der Waals surface area contributed by atoms with Gasteiger partial charge in [0.05, 0.1) is 12.1 Å². The summed E-state index contributed by atoms with van der Waals surface area (Å²) in [4.78, 5) is 33.8.